The molecule has 0 saturated heterocycles. The molecule has 0 aromatic heterocycles. The Morgan fingerprint density at radius 1 is 1.27 bits per heavy atom. The van der Waals surface area contributed by atoms with Crippen LogP contribution >= 0.6 is 0 Å². The Balaban J connectivity index is 0. The minimum Gasteiger partial charge on any atom is -1.00 e. The van der Waals surface area contributed by atoms with Gasteiger partial charge in [-0.15, -0.1) is 0 Å². The van der Waals surface area contributed by atoms with Crippen LogP contribution in [0, 0.1) is 0 Å². The highest BCUT2D eigenvalue weighted by atomic mass is 35.5. The van der Waals surface area contributed by atoms with Gasteiger partial charge in [-0.3, -0.25) is 0 Å². The van der Waals surface area contributed by atoms with Crippen molar-refractivity contribution < 1.29 is 21.6 Å². The summed E-state index contributed by atoms with van der Waals surface area (Å²) < 4.78 is 6.12. The molecule has 0 fully saturated rings. The smallest absolute Gasteiger partial charge is 0.136 e. The quantitative estimate of drug-likeness (QED) is 0.283. The van der Waals surface area contributed by atoms with Gasteiger partial charge in [0.2, 0.25) is 0 Å². The summed E-state index contributed by atoms with van der Waals surface area (Å²) in [6.07, 6.45) is 3.63. The van der Waals surface area contributed by atoms with Crippen LogP contribution in [0.2, 0.25) is 0 Å². The highest BCUT2D eigenvalue weighted by molar-refractivity contribution is 4.64. The topological polar surface area (TPSA) is 9.23 Å². The molecule has 0 aliphatic carbocycles. The van der Waals surface area contributed by atoms with E-state index in [1.165, 1.54) is 0 Å². The Morgan fingerprint density at radius 3 is 2.18 bits per heavy atom. The Morgan fingerprint density at radius 2 is 1.82 bits per heavy atom. The Bertz CT molecular complexity index is 107. The highest BCUT2D eigenvalue weighted by Gasteiger charge is 2.04. The molecule has 0 heterocycles. The number of quaternary nitrogens is 1. The zero-order valence-electron chi connectivity index (χ0n) is 7.80. The van der Waals surface area contributed by atoms with Crippen LogP contribution < -0.4 is 12.4 Å². The van der Waals surface area contributed by atoms with Crippen LogP contribution in [0.3, 0.4) is 0 Å². The molecule has 0 spiro atoms. The molecule has 11 heavy (non-hydrogen) atoms. The maximum atomic E-state index is 5.16. The van der Waals surface area contributed by atoms with E-state index in [0.29, 0.717) is 0 Å². The molecule has 68 valence electrons. The van der Waals surface area contributed by atoms with E-state index in [-0.39, 0.29) is 12.4 Å². The van der Waals surface area contributed by atoms with Crippen LogP contribution in [0.1, 0.15) is 6.92 Å². The van der Waals surface area contributed by atoms with Crippen LogP contribution in [0.5, 0.6) is 0 Å². The van der Waals surface area contributed by atoms with E-state index in [1.54, 1.807) is 6.26 Å². The zero-order valence-corrected chi connectivity index (χ0v) is 8.56. The second-order valence-corrected chi connectivity index (χ2v) is 3.35. The molecule has 0 aromatic rings. The summed E-state index contributed by atoms with van der Waals surface area (Å²) in [4.78, 5) is 0. The van der Waals surface area contributed by atoms with Gasteiger partial charge in [-0.1, -0.05) is 6.08 Å². The van der Waals surface area contributed by atoms with Gasteiger partial charge in [-0.2, -0.15) is 0 Å². The summed E-state index contributed by atoms with van der Waals surface area (Å²) in [5, 5.41) is 0. The normalized spacial score (nSPS) is 11.3. The lowest BCUT2D eigenvalue weighted by molar-refractivity contribution is -0.870. The monoisotopic (exact) mass is 179 g/mol. The number of ether oxygens (including phenoxy) is 1. The lowest BCUT2D eigenvalue weighted by Crippen LogP contribution is -3.00. The number of hydrogen-bond acceptors (Lipinski definition) is 1. The maximum Gasteiger partial charge on any atom is 0.136 e. The van der Waals surface area contributed by atoms with E-state index in [2.05, 4.69) is 21.1 Å². The average Bonchev–Trinajstić information content (AvgIpc) is 1.78. The molecule has 0 amide bonds. The number of allylic oxidation sites excluding steroid dienone is 1. The van der Waals surface area contributed by atoms with Gasteiger partial charge in [0.25, 0.3) is 0 Å². The molecule has 0 rings (SSSR count). The van der Waals surface area contributed by atoms with E-state index in [0.717, 1.165) is 17.6 Å². The zero-order chi connectivity index (χ0) is 8.04. The molecule has 0 N–H and O–H groups in total. The van der Waals surface area contributed by atoms with Gasteiger partial charge in [0.15, 0.2) is 0 Å². The van der Waals surface area contributed by atoms with Gasteiger partial charge < -0.3 is 21.6 Å². The van der Waals surface area contributed by atoms with Crippen molar-refractivity contribution in [2.24, 2.45) is 0 Å². The van der Waals surface area contributed by atoms with Crippen LogP contribution in [-0.2, 0) is 4.74 Å². The summed E-state index contributed by atoms with van der Waals surface area (Å²) in [7, 11) is 6.46. The molecule has 0 bridgehead atoms. The SMILES string of the molecule is CC=COCC[N+](C)(C)C.[Cl-]. The summed E-state index contributed by atoms with van der Waals surface area (Å²) in [6, 6.07) is 0. The first-order valence-electron chi connectivity index (χ1n) is 3.59. The Labute approximate surface area is 75.8 Å². The van der Waals surface area contributed by atoms with Gasteiger partial charge in [0.1, 0.15) is 13.2 Å². The van der Waals surface area contributed by atoms with E-state index in [9.17, 15) is 0 Å². The molecule has 0 unspecified atom stereocenters. The Hall–Kier alpha value is -0.210. The largest absolute Gasteiger partial charge is 1.00 e. The molecular formula is C8H18ClNO. The maximum absolute atomic E-state index is 5.16. The summed E-state index contributed by atoms with van der Waals surface area (Å²) in [5.74, 6) is 0. The second-order valence-electron chi connectivity index (χ2n) is 3.35. The van der Waals surface area contributed by atoms with Crippen molar-refractivity contribution in [2.45, 2.75) is 6.92 Å². The van der Waals surface area contributed by atoms with Crippen molar-refractivity contribution >= 4 is 0 Å². The van der Waals surface area contributed by atoms with Crippen LogP contribution in [-0.4, -0.2) is 38.8 Å². The fourth-order valence-corrected chi connectivity index (χ4v) is 0.491. The van der Waals surface area contributed by atoms with Crippen molar-refractivity contribution in [3.63, 3.8) is 0 Å². The molecular weight excluding hydrogens is 162 g/mol. The van der Waals surface area contributed by atoms with Crippen LogP contribution in [0.4, 0.5) is 0 Å². The number of likely N-dealkylation sites (N-methyl/N-ethyl adjacent to an activating group) is 1. The van der Waals surface area contributed by atoms with Gasteiger partial charge in [-0.25, -0.2) is 0 Å². The van der Waals surface area contributed by atoms with Gasteiger partial charge in [0.05, 0.1) is 27.4 Å². The molecule has 2 nitrogen and oxygen atoms in total. The van der Waals surface area contributed by atoms with Crippen molar-refractivity contribution in [3.05, 3.63) is 12.3 Å². The van der Waals surface area contributed by atoms with Crippen molar-refractivity contribution in [2.75, 3.05) is 34.3 Å². The minimum absolute atomic E-state index is 0. The first-order valence-corrected chi connectivity index (χ1v) is 3.59. The third kappa shape index (κ3) is 12.9. The summed E-state index contributed by atoms with van der Waals surface area (Å²) >= 11 is 0. The van der Waals surface area contributed by atoms with Gasteiger partial charge in [0, 0.05) is 0 Å². The standard InChI is InChI=1S/C8H18NO.ClH/c1-5-7-10-8-6-9(2,3)4;/h5,7H,6,8H2,1-4H3;1H/q+1;/p-1. The number of halogens is 1. The molecule has 0 aliphatic heterocycles. The third-order valence-corrected chi connectivity index (χ3v) is 1.11. The second kappa shape index (κ2) is 6.50. The van der Waals surface area contributed by atoms with E-state index < -0.39 is 0 Å². The molecule has 3 heteroatoms. The van der Waals surface area contributed by atoms with Crippen molar-refractivity contribution in [1.29, 1.82) is 0 Å². The lowest BCUT2D eigenvalue weighted by Gasteiger charge is -2.22. The predicted molar refractivity (Wildman–Crippen MR) is 43.7 cm³/mol. The van der Waals surface area contributed by atoms with E-state index >= 15 is 0 Å². The molecule has 0 radical (unpaired) electrons. The van der Waals surface area contributed by atoms with Crippen molar-refractivity contribution in [1.82, 2.24) is 0 Å². The first-order chi connectivity index (χ1) is 4.56. The number of rotatable bonds is 4. The minimum atomic E-state index is 0. The fraction of sp³-hybridized carbons (Fsp3) is 0.750. The molecule has 0 atom stereocenters. The Kier molecular flexibility index (Phi) is 7.91. The first kappa shape index (κ1) is 13.4. The third-order valence-electron chi connectivity index (χ3n) is 1.11. The average molecular weight is 180 g/mol. The molecule has 0 saturated carbocycles. The van der Waals surface area contributed by atoms with Crippen LogP contribution in [0.15, 0.2) is 12.3 Å². The van der Waals surface area contributed by atoms with Gasteiger partial charge >= 0.3 is 0 Å². The lowest BCUT2D eigenvalue weighted by atomic mass is 10.5. The van der Waals surface area contributed by atoms with Crippen LogP contribution in [0.25, 0.3) is 0 Å². The number of nitrogens with zero attached hydrogens (tertiary/aromatic N) is 1. The molecule has 0 aliphatic rings. The van der Waals surface area contributed by atoms with Crippen molar-refractivity contribution in [3.8, 4) is 0 Å². The van der Waals surface area contributed by atoms with E-state index in [1.807, 2.05) is 13.0 Å². The van der Waals surface area contributed by atoms with Gasteiger partial charge in [-0.05, 0) is 6.92 Å². The summed E-state index contributed by atoms with van der Waals surface area (Å²) in [6.45, 7) is 3.80. The number of hydrogen-bond donors (Lipinski definition) is 0. The molecule has 0 aromatic carbocycles. The predicted octanol–water partition coefficient (Wildman–Crippen LogP) is -1.75. The summed E-state index contributed by atoms with van der Waals surface area (Å²) in [5.41, 5.74) is 0. The van der Waals surface area contributed by atoms with E-state index in [4.69, 9.17) is 4.74 Å². The highest BCUT2D eigenvalue weighted by Crippen LogP contribution is 1.89. The fourth-order valence-electron chi connectivity index (χ4n) is 0.491.